The van der Waals surface area contributed by atoms with Crippen LogP contribution in [-0.2, 0) is 4.79 Å². The molecule has 5 nitrogen and oxygen atoms in total. The molecule has 26 heavy (non-hydrogen) atoms. The number of thioether (sulfide) groups is 1. The molecule has 0 aromatic heterocycles. The van der Waals surface area contributed by atoms with Crippen LogP contribution in [0.25, 0.3) is 10.8 Å². The van der Waals surface area contributed by atoms with Crippen molar-refractivity contribution in [1.29, 1.82) is 0 Å². The normalized spacial score (nSPS) is 10.9. The summed E-state index contributed by atoms with van der Waals surface area (Å²) >= 11 is 1.46. The first-order valence-electron chi connectivity index (χ1n) is 7.89. The fourth-order valence-corrected chi connectivity index (χ4v) is 3.26. The van der Waals surface area contributed by atoms with Crippen molar-refractivity contribution in [2.45, 2.75) is 4.90 Å². The molecule has 0 aliphatic carbocycles. The highest BCUT2D eigenvalue weighted by molar-refractivity contribution is 8.00. The van der Waals surface area contributed by atoms with Crippen LogP contribution in [-0.4, -0.2) is 29.0 Å². The van der Waals surface area contributed by atoms with Crippen LogP contribution >= 0.6 is 11.8 Å². The Kier molecular flexibility index (Phi) is 5.66. The summed E-state index contributed by atoms with van der Waals surface area (Å²) in [6, 6.07) is 20.3. The van der Waals surface area contributed by atoms with Crippen LogP contribution < -0.4 is 5.43 Å². The highest BCUT2D eigenvalue weighted by Gasteiger charge is 2.05. The van der Waals surface area contributed by atoms with Crippen LogP contribution in [0.2, 0.25) is 0 Å². The Morgan fingerprint density at radius 3 is 2.50 bits per heavy atom. The first kappa shape index (κ1) is 17.7. The number of carboxylic acids is 1. The van der Waals surface area contributed by atoms with Crippen LogP contribution in [0.3, 0.4) is 0 Å². The molecule has 3 aromatic rings. The lowest BCUT2D eigenvalue weighted by molar-refractivity contribution is -0.118. The largest absolute Gasteiger partial charge is 0.478 e. The van der Waals surface area contributed by atoms with Crippen LogP contribution in [0, 0.1) is 0 Å². The SMILES string of the molecule is O=C(CSc1cccc2ccccc12)N/N=C/c1ccc(C(=O)O)cc1. The molecule has 0 fully saturated rings. The van der Waals surface area contributed by atoms with Gasteiger partial charge in [-0.25, -0.2) is 10.2 Å². The van der Waals surface area contributed by atoms with E-state index in [1.165, 1.54) is 30.1 Å². The second kappa shape index (κ2) is 8.31. The summed E-state index contributed by atoms with van der Waals surface area (Å²) in [4.78, 5) is 23.8. The van der Waals surface area contributed by atoms with E-state index in [1.54, 1.807) is 12.1 Å². The molecule has 2 N–H and O–H groups in total. The number of hydrogen-bond donors (Lipinski definition) is 2. The second-order valence-electron chi connectivity index (χ2n) is 5.49. The van der Waals surface area contributed by atoms with Crippen molar-refractivity contribution < 1.29 is 14.7 Å². The van der Waals surface area contributed by atoms with E-state index >= 15 is 0 Å². The third-order valence-electron chi connectivity index (χ3n) is 3.67. The average molecular weight is 364 g/mol. The number of carboxylic acid groups (broad SMARTS) is 1. The zero-order valence-electron chi connectivity index (χ0n) is 13.8. The van der Waals surface area contributed by atoms with E-state index in [0.29, 0.717) is 5.56 Å². The molecule has 6 heteroatoms. The zero-order valence-corrected chi connectivity index (χ0v) is 14.6. The highest BCUT2D eigenvalue weighted by atomic mass is 32.2. The molecular formula is C20H16N2O3S. The van der Waals surface area contributed by atoms with Crippen molar-refractivity contribution in [2.75, 3.05) is 5.75 Å². The predicted molar refractivity (Wildman–Crippen MR) is 104 cm³/mol. The third-order valence-corrected chi connectivity index (χ3v) is 4.74. The molecule has 1 amide bonds. The monoisotopic (exact) mass is 364 g/mol. The fourth-order valence-electron chi connectivity index (χ4n) is 2.39. The Morgan fingerprint density at radius 2 is 1.73 bits per heavy atom. The minimum Gasteiger partial charge on any atom is -0.478 e. The molecule has 0 unspecified atom stereocenters. The number of benzene rings is 3. The summed E-state index contributed by atoms with van der Waals surface area (Å²) in [5.74, 6) is -0.933. The zero-order chi connectivity index (χ0) is 18.4. The number of nitrogens with one attached hydrogen (secondary N) is 1. The van der Waals surface area contributed by atoms with Gasteiger partial charge in [-0.1, -0.05) is 48.5 Å². The molecule has 3 aromatic carbocycles. The summed E-state index contributed by atoms with van der Waals surface area (Å²) < 4.78 is 0. The van der Waals surface area contributed by atoms with Crippen molar-refractivity contribution in [2.24, 2.45) is 5.10 Å². The van der Waals surface area contributed by atoms with E-state index < -0.39 is 5.97 Å². The fraction of sp³-hybridized carbons (Fsp3) is 0.0500. The maximum Gasteiger partial charge on any atom is 0.335 e. The van der Waals surface area contributed by atoms with Crippen molar-refractivity contribution in [3.8, 4) is 0 Å². The molecule has 0 heterocycles. The molecule has 0 aliphatic heterocycles. The Morgan fingerprint density at radius 1 is 1.00 bits per heavy atom. The van der Waals surface area contributed by atoms with Gasteiger partial charge in [-0.15, -0.1) is 11.8 Å². The number of hydrogen-bond acceptors (Lipinski definition) is 4. The lowest BCUT2D eigenvalue weighted by Crippen LogP contribution is -2.19. The van der Waals surface area contributed by atoms with Crippen LogP contribution in [0.15, 0.2) is 76.7 Å². The first-order valence-corrected chi connectivity index (χ1v) is 8.88. The van der Waals surface area contributed by atoms with Gasteiger partial charge in [0.25, 0.3) is 0 Å². The van der Waals surface area contributed by atoms with Gasteiger partial charge in [-0.05, 0) is 34.5 Å². The smallest absolute Gasteiger partial charge is 0.335 e. The average Bonchev–Trinajstić information content (AvgIpc) is 2.66. The molecule has 0 radical (unpaired) electrons. The van der Waals surface area contributed by atoms with E-state index in [4.69, 9.17) is 5.11 Å². The number of fused-ring (bicyclic) bond motifs is 1. The Labute approximate surface area is 154 Å². The molecule has 0 bridgehead atoms. The summed E-state index contributed by atoms with van der Waals surface area (Å²) in [7, 11) is 0. The van der Waals surface area contributed by atoms with Gasteiger partial charge >= 0.3 is 5.97 Å². The van der Waals surface area contributed by atoms with Gasteiger partial charge in [0.1, 0.15) is 0 Å². The van der Waals surface area contributed by atoms with Gasteiger partial charge in [-0.2, -0.15) is 5.10 Å². The van der Waals surface area contributed by atoms with Gasteiger partial charge in [0.15, 0.2) is 0 Å². The Bertz CT molecular complexity index is 963. The predicted octanol–water partition coefficient (Wildman–Crippen LogP) is 3.78. The maximum absolute atomic E-state index is 12.0. The summed E-state index contributed by atoms with van der Waals surface area (Å²) in [6.07, 6.45) is 1.48. The van der Waals surface area contributed by atoms with Gasteiger partial charge < -0.3 is 5.11 Å². The number of carbonyl (C=O) groups excluding carboxylic acids is 1. The number of carbonyl (C=O) groups is 2. The summed E-state index contributed by atoms with van der Waals surface area (Å²) in [5.41, 5.74) is 3.39. The number of nitrogens with zero attached hydrogens (tertiary/aromatic N) is 1. The van der Waals surface area contributed by atoms with E-state index in [0.717, 1.165) is 15.7 Å². The van der Waals surface area contributed by atoms with Crippen LogP contribution in [0.1, 0.15) is 15.9 Å². The Hall–Kier alpha value is -3.12. The second-order valence-corrected chi connectivity index (χ2v) is 6.50. The lowest BCUT2D eigenvalue weighted by Gasteiger charge is -2.05. The van der Waals surface area contributed by atoms with Crippen molar-refractivity contribution >= 4 is 40.6 Å². The molecule has 0 saturated carbocycles. The van der Waals surface area contributed by atoms with Crippen molar-refractivity contribution in [1.82, 2.24) is 5.43 Å². The van der Waals surface area contributed by atoms with Crippen LogP contribution in [0.4, 0.5) is 0 Å². The van der Waals surface area contributed by atoms with Gasteiger partial charge in [0, 0.05) is 4.90 Å². The minimum absolute atomic E-state index is 0.206. The Balaban J connectivity index is 1.55. The molecular weight excluding hydrogens is 348 g/mol. The lowest BCUT2D eigenvalue weighted by atomic mass is 10.1. The first-order chi connectivity index (χ1) is 12.6. The van der Waals surface area contributed by atoms with E-state index in [1.807, 2.05) is 42.5 Å². The number of rotatable bonds is 6. The van der Waals surface area contributed by atoms with Crippen molar-refractivity contribution in [3.63, 3.8) is 0 Å². The third kappa shape index (κ3) is 4.49. The number of amides is 1. The van der Waals surface area contributed by atoms with Gasteiger partial charge in [0.05, 0.1) is 17.5 Å². The minimum atomic E-state index is -0.979. The number of aromatic carboxylic acids is 1. The van der Waals surface area contributed by atoms with Crippen molar-refractivity contribution in [3.05, 3.63) is 77.9 Å². The van der Waals surface area contributed by atoms with E-state index in [2.05, 4.69) is 10.5 Å². The van der Waals surface area contributed by atoms with E-state index in [-0.39, 0.29) is 17.2 Å². The maximum atomic E-state index is 12.0. The molecule has 130 valence electrons. The topological polar surface area (TPSA) is 78.8 Å². The standard InChI is InChI=1S/C20H16N2O3S/c23-19(22-21-12-14-8-10-16(11-9-14)20(24)25)13-26-18-7-3-5-15-4-1-2-6-17(15)18/h1-12H,13H2,(H,22,23)(H,24,25)/b21-12+. The van der Waals surface area contributed by atoms with Gasteiger partial charge in [0.2, 0.25) is 5.91 Å². The van der Waals surface area contributed by atoms with E-state index in [9.17, 15) is 9.59 Å². The molecule has 0 aliphatic rings. The summed E-state index contributed by atoms with van der Waals surface area (Å²) in [5, 5.41) is 15.0. The highest BCUT2D eigenvalue weighted by Crippen LogP contribution is 2.27. The quantitative estimate of drug-likeness (QED) is 0.396. The molecule has 3 rings (SSSR count). The summed E-state index contributed by atoms with van der Waals surface area (Å²) in [6.45, 7) is 0. The van der Waals surface area contributed by atoms with Crippen LogP contribution in [0.5, 0.6) is 0 Å². The molecule has 0 atom stereocenters. The number of hydrazone groups is 1. The molecule has 0 spiro atoms. The van der Waals surface area contributed by atoms with Gasteiger partial charge in [-0.3, -0.25) is 4.79 Å². The molecule has 0 saturated heterocycles.